The minimum atomic E-state index is -2.08. The molecule has 3 heterocycles. The first-order chi connectivity index (χ1) is 12.9. The largest absolute Gasteiger partial charge is 0.411 e. The van der Waals surface area contributed by atoms with E-state index in [2.05, 4.69) is 48.9 Å². The highest BCUT2D eigenvalue weighted by Gasteiger charge is 2.37. The van der Waals surface area contributed by atoms with Crippen molar-refractivity contribution in [1.29, 1.82) is 0 Å². The Morgan fingerprint density at radius 2 is 1.86 bits per heavy atom. The Morgan fingerprint density at radius 1 is 1.18 bits per heavy atom. The lowest BCUT2D eigenvalue weighted by molar-refractivity contribution is 0.272. The lowest BCUT2D eigenvalue weighted by Gasteiger charge is -2.35. The van der Waals surface area contributed by atoms with Gasteiger partial charge in [0.25, 0.3) is 0 Å². The van der Waals surface area contributed by atoms with Crippen molar-refractivity contribution in [2.75, 3.05) is 0 Å². The van der Waals surface area contributed by atoms with Gasteiger partial charge in [-0.2, -0.15) is 14.5 Å². The Balaban J connectivity index is 2.15. The Labute approximate surface area is 172 Å². The molecule has 0 amide bonds. The molecule has 0 atom stereocenters. The number of pyridine rings is 1. The molecule has 0 aromatic carbocycles. The number of aromatic nitrogens is 4. The van der Waals surface area contributed by atoms with Gasteiger partial charge in [-0.1, -0.05) is 44.0 Å². The summed E-state index contributed by atoms with van der Waals surface area (Å²) in [6.07, 6.45) is 1.45. The van der Waals surface area contributed by atoms with E-state index in [1.165, 1.54) is 22.8 Å². The Hall–Kier alpha value is -1.61. The summed E-state index contributed by atoms with van der Waals surface area (Å²) in [5.41, 5.74) is 1.37. The van der Waals surface area contributed by atoms with Crippen molar-refractivity contribution < 1.29 is 13.2 Å². The maximum atomic E-state index is 13.8. The van der Waals surface area contributed by atoms with Crippen molar-refractivity contribution >= 4 is 37.2 Å². The predicted octanol–water partition coefficient (Wildman–Crippen LogP) is 5.90. The van der Waals surface area contributed by atoms with Gasteiger partial charge in [0.1, 0.15) is 0 Å². The first-order valence-electron chi connectivity index (χ1n) is 8.60. The van der Waals surface area contributed by atoms with E-state index in [0.717, 1.165) is 0 Å². The van der Waals surface area contributed by atoms with Gasteiger partial charge in [-0.3, -0.25) is 0 Å². The molecule has 0 aliphatic carbocycles. The van der Waals surface area contributed by atoms with Crippen LogP contribution < -0.4 is 0 Å². The van der Waals surface area contributed by atoms with Crippen LogP contribution in [0.4, 0.5) is 8.78 Å². The van der Waals surface area contributed by atoms with Crippen LogP contribution in [0.5, 0.6) is 0 Å². The van der Waals surface area contributed by atoms with Crippen molar-refractivity contribution in [1.82, 2.24) is 19.6 Å². The summed E-state index contributed by atoms with van der Waals surface area (Å²) in [5, 5.41) is 3.89. The molecule has 0 radical (unpaired) electrons. The normalized spacial score (nSPS) is 12.8. The maximum Gasteiger partial charge on any atom is 0.216 e. The van der Waals surface area contributed by atoms with E-state index >= 15 is 0 Å². The fraction of sp³-hybridized carbons (Fsp3) is 0.389. The predicted molar refractivity (Wildman–Crippen MR) is 108 cm³/mol. The lowest BCUT2D eigenvalue weighted by atomic mass is 10.1. The molecule has 0 saturated carbocycles. The first-order valence-corrected chi connectivity index (χ1v) is 12.3. The molecule has 0 spiro atoms. The summed E-state index contributed by atoms with van der Waals surface area (Å²) >= 11 is 11.8. The molecule has 0 unspecified atom stereocenters. The van der Waals surface area contributed by atoms with Crippen LogP contribution in [-0.4, -0.2) is 27.9 Å². The van der Waals surface area contributed by atoms with Crippen molar-refractivity contribution in [2.45, 2.75) is 45.5 Å². The van der Waals surface area contributed by atoms with E-state index in [1.54, 1.807) is 0 Å². The zero-order valence-electron chi connectivity index (χ0n) is 16.1. The Kier molecular flexibility index (Phi) is 5.52. The lowest BCUT2D eigenvalue weighted by Crippen LogP contribution is -2.40. The van der Waals surface area contributed by atoms with E-state index in [4.69, 9.17) is 27.6 Å². The number of halogens is 4. The van der Waals surface area contributed by atoms with Gasteiger partial charge in [-0.05, 0) is 24.2 Å². The third kappa shape index (κ3) is 3.91. The van der Waals surface area contributed by atoms with Gasteiger partial charge in [0.05, 0.1) is 28.6 Å². The molecule has 0 aliphatic rings. The molecule has 10 heteroatoms. The summed E-state index contributed by atoms with van der Waals surface area (Å²) in [6, 6.07) is 2.52. The molecule has 28 heavy (non-hydrogen) atoms. The van der Waals surface area contributed by atoms with Gasteiger partial charge < -0.3 is 4.43 Å². The highest BCUT2D eigenvalue weighted by molar-refractivity contribution is 6.74. The second kappa shape index (κ2) is 7.33. The quantitative estimate of drug-likeness (QED) is 0.285. The molecule has 0 saturated heterocycles. The van der Waals surface area contributed by atoms with Crippen molar-refractivity contribution in [2.24, 2.45) is 0 Å². The van der Waals surface area contributed by atoms with Crippen molar-refractivity contribution in [3.63, 3.8) is 0 Å². The van der Waals surface area contributed by atoms with Crippen LogP contribution in [0.15, 0.2) is 18.3 Å². The molecular formula is C18H20Cl2F2N4OSi. The topological polar surface area (TPSA) is 52.3 Å². The Bertz CT molecular complexity index is 1030. The molecule has 3 rings (SSSR count). The van der Waals surface area contributed by atoms with Crippen LogP contribution in [0.2, 0.25) is 28.3 Å². The fourth-order valence-electron chi connectivity index (χ4n) is 2.38. The summed E-state index contributed by atoms with van der Waals surface area (Å²) in [7, 11) is -2.08. The molecular weight excluding hydrogens is 425 g/mol. The Morgan fingerprint density at radius 3 is 2.46 bits per heavy atom. The molecule has 0 bridgehead atoms. The second-order valence-electron chi connectivity index (χ2n) is 7.98. The maximum absolute atomic E-state index is 13.8. The molecule has 0 aliphatic heterocycles. The standard InChI is InChI=1S/C18H20Cl2F2N4OSi/c1-18(2,3)28(4,5)27-9-12-14(11-8-10(19)15(22)16(20)23-11)17-24-13(21)6-7-26(17)25-12/h6-8H,9H2,1-5H3. The number of nitrogens with zero attached hydrogens (tertiary/aromatic N) is 4. The van der Waals surface area contributed by atoms with Crippen LogP contribution in [0.3, 0.4) is 0 Å². The van der Waals surface area contributed by atoms with E-state index in [-0.39, 0.29) is 33.2 Å². The monoisotopic (exact) mass is 444 g/mol. The van der Waals surface area contributed by atoms with Gasteiger partial charge in [0, 0.05) is 12.3 Å². The molecule has 0 fully saturated rings. The number of rotatable bonds is 4. The zero-order valence-corrected chi connectivity index (χ0v) is 18.7. The van der Waals surface area contributed by atoms with E-state index in [1.807, 2.05) is 0 Å². The first kappa shape index (κ1) is 21.1. The number of hydrogen-bond acceptors (Lipinski definition) is 4. The SMILES string of the molecule is CC(C)(C)[Si](C)(C)OCc1nn2ccc(F)nc2c1-c1cc(Cl)c(F)c(Cl)n1. The third-order valence-corrected chi connectivity index (χ3v) is 10.0. The van der Waals surface area contributed by atoms with Crippen molar-refractivity contribution in [3.05, 3.63) is 46.0 Å². The van der Waals surface area contributed by atoms with Crippen LogP contribution in [0, 0.1) is 11.8 Å². The summed E-state index contributed by atoms with van der Waals surface area (Å²) in [6.45, 7) is 10.8. The van der Waals surface area contributed by atoms with E-state index < -0.39 is 20.1 Å². The molecule has 5 nitrogen and oxygen atoms in total. The van der Waals surface area contributed by atoms with Gasteiger partial charge in [0.2, 0.25) is 5.95 Å². The average Bonchev–Trinajstić information content (AvgIpc) is 2.94. The van der Waals surface area contributed by atoms with Crippen LogP contribution in [0.1, 0.15) is 26.5 Å². The van der Waals surface area contributed by atoms with E-state index in [9.17, 15) is 8.78 Å². The molecule has 150 valence electrons. The summed E-state index contributed by atoms with van der Waals surface area (Å²) in [4.78, 5) is 7.97. The van der Waals surface area contributed by atoms with E-state index in [0.29, 0.717) is 11.3 Å². The van der Waals surface area contributed by atoms with Crippen LogP contribution in [-0.2, 0) is 11.0 Å². The molecule has 0 N–H and O–H groups in total. The minimum absolute atomic E-state index is 0.00256. The fourth-order valence-corrected chi connectivity index (χ4v) is 3.74. The number of fused-ring (bicyclic) bond motifs is 1. The van der Waals surface area contributed by atoms with Gasteiger partial charge in [-0.25, -0.2) is 13.9 Å². The minimum Gasteiger partial charge on any atom is -0.411 e. The highest BCUT2D eigenvalue weighted by Crippen LogP contribution is 2.38. The van der Waals surface area contributed by atoms with Gasteiger partial charge >= 0.3 is 0 Å². The number of hydrogen-bond donors (Lipinski definition) is 0. The molecule has 3 aromatic rings. The third-order valence-electron chi connectivity index (χ3n) is 5.03. The summed E-state index contributed by atoms with van der Waals surface area (Å²) in [5.74, 6) is -1.49. The highest BCUT2D eigenvalue weighted by atomic mass is 35.5. The molecule has 3 aromatic heterocycles. The average molecular weight is 445 g/mol. The van der Waals surface area contributed by atoms with Crippen LogP contribution in [0.25, 0.3) is 16.9 Å². The summed E-state index contributed by atoms with van der Waals surface area (Å²) < 4.78 is 35.3. The van der Waals surface area contributed by atoms with Gasteiger partial charge in [0.15, 0.2) is 24.9 Å². The van der Waals surface area contributed by atoms with Gasteiger partial charge in [-0.15, -0.1) is 0 Å². The smallest absolute Gasteiger partial charge is 0.216 e. The van der Waals surface area contributed by atoms with Crippen LogP contribution >= 0.6 is 23.2 Å². The van der Waals surface area contributed by atoms with Crippen molar-refractivity contribution in [3.8, 4) is 11.3 Å². The zero-order chi connectivity index (χ0) is 20.9. The second-order valence-corrected chi connectivity index (χ2v) is 13.6.